The lowest BCUT2D eigenvalue weighted by atomic mass is 10.1. The molecule has 0 aromatic heterocycles. The molecule has 1 unspecified atom stereocenters. The topological polar surface area (TPSA) is 20.2 Å². The molecule has 1 aromatic rings. The number of rotatable bonds is 10. The summed E-state index contributed by atoms with van der Waals surface area (Å²) in [4.78, 5) is 0.629. The van der Waals surface area contributed by atoms with Crippen LogP contribution in [-0.4, -0.2) is 17.0 Å². The van der Waals surface area contributed by atoms with Gasteiger partial charge in [0.25, 0.3) is 0 Å². The maximum atomic E-state index is 13.4. The van der Waals surface area contributed by atoms with Gasteiger partial charge in [0, 0.05) is 10.6 Å². The first kappa shape index (κ1) is 16.5. The lowest BCUT2D eigenvalue weighted by Gasteiger charge is -2.10. The molecule has 0 amide bonds. The molecule has 0 aliphatic heterocycles. The summed E-state index contributed by atoms with van der Waals surface area (Å²) in [6.45, 7) is 2.21. The highest BCUT2D eigenvalue weighted by molar-refractivity contribution is 7.99. The van der Waals surface area contributed by atoms with Gasteiger partial charge in [-0.15, -0.1) is 11.8 Å². The fourth-order valence-corrected chi connectivity index (χ4v) is 2.91. The molecule has 1 nitrogen and oxygen atoms in total. The average molecular weight is 284 g/mol. The van der Waals surface area contributed by atoms with Crippen molar-refractivity contribution in [1.82, 2.24) is 0 Å². The highest BCUT2D eigenvalue weighted by atomic mass is 32.2. The highest BCUT2D eigenvalue weighted by Crippen LogP contribution is 2.23. The van der Waals surface area contributed by atoms with Gasteiger partial charge in [0.2, 0.25) is 0 Å². The maximum absolute atomic E-state index is 13.4. The van der Waals surface area contributed by atoms with Crippen molar-refractivity contribution in [3.63, 3.8) is 0 Å². The predicted molar refractivity (Wildman–Crippen MR) is 81.1 cm³/mol. The van der Waals surface area contributed by atoms with E-state index < -0.39 is 0 Å². The van der Waals surface area contributed by atoms with E-state index in [9.17, 15) is 9.50 Å². The van der Waals surface area contributed by atoms with Gasteiger partial charge < -0.3 is 5.11 Å². The molecule has 0 fully saturated rings. The van der Waals surface area contributed by atoms with E-state index in [1.165, 1.54) is 49.9 Å². The maximum Gasteiger partial charge on any atom is 0.136 e. The van der Waals surface area contributed by atoms with E-state index in [0.29, 0.717) is 10.6 Å². The Bertz CT molecular complexity index is 343. The molecule has 0 saturated carbocycles. The Morgan fingerprint density at radius 3 is 2.53 bits per heavy atom. The van der Waals surface area contributed by atoms with Crippen LogP contribution in [0.15, 0.2) is 29.2 Å². The molecule has 19 heavy (non-hydrogen) atoms. The smallest absolute Gasteiger partial charge is 0.136 e. The summed E-state index contributed by atoms with van der Waals surface area (Å²) in [5.41, 5.74) is 0. The Labute approximate surface area is 120 Å². The van der Waals surface area contributed by atoms with Crippen molar-refractivity contribution < 1.29 is 9.50 Å². The van der Waals surface area contributed by atoms with Gasteiger partial charge in [0.05, 0.1) is 6.10 Å². The van der Waals surface area contributed by atoms with Gasteiger partial charge in [-0.3, -0.25) is 0 Å². The molecule has 0 spiro atoms. The Hall–Kier alpha value is -0.540. The van der Waals surface area contributed by atoms with E-state index in [1.54, 1.807) is 12.1 Å². The SMILES string of the molecule is CCCCCCCCC(O)CSc1ccccc1F. The molecule has 0 saturated heterocycles. The lowest BCUT2D eigenvalue weighted by Crippen LogP contribution is -2.09. The first-order valence-corrected chi connectivity index (χ1v) is 8.28. The molecule has 1 N–H and O–H groups in total. The zero-order valence-electron chi connectivity index (χ0n) is 11.8. The molecule has 0 radical (unpaired) electrons. The van der Waals surface area contributed by atoms with E-state index in [-0.39, 0.29) is 11.9 Å². The second-order valence-electron chi connectivity index (χ2n) is 4.95. The largest absolute Gasteiger partial charge is 0.392 e. The standard InChI is InChI=1S/C16H25FOS/c1-2-3-4-5-6-7-10-14(18)13-19-16-12-9-8-11-15(16)17/h8-9,11-12,14,18H,2-7,10,13H2,1H3. The molecule has 1 atom stereocenters. The fourth-order valence-electron chi connectivity index (χ4n) is 1.99. The van der Waals surface area contributed by atoms with Crippen molar-refractivity contribution >= 4 is 11.8 Å². The molecule has 0 aliphatic rings. The number of aliphatic hydroxyl groups is 1. The zero-order chi connectivity index (χ0) is 13.9. The average Bonchev–Trinajstić information content (AvgIpc) is 2.42. The van der Waals surface area contributed by atoms with E-state index in [4.69, 9.17) is 0 Å². The summed E-state index contributed by atoms with van der Waals surface area (Å²) in [6.07, 6.45) is 7.92. The molecule has 0 bridgehead atoms. The Kier molecular flexibility index (Phi) is 8.93. The highest BCUT2D eigenvalue weighted by Gasteiger charge is 2.07. The summed E-state index contributed by atoms with van der Waals surface area (Å²) in [5, 5.41) is 9.86. The Morgan fingerprint density at radius 1 is 1.11 bits per heavy atom. The van der Waals surface area contributed by atoms with E-state index in [2.05, 4.69) is 6.92 Å². The van der Waals surface area contributed by atoms with Gasteiger partial charge in [-0.25, -0.2) is 4.39 Å². The van der Waals surface area contributed by atoms with Gasteiger partial charge in [0.15, 0.2) is 0 Å². The van der Waals surface area contributed by atoms with Crippen LogP contribution in [0.2, 0.25) is 0 Å². The van der Waals surface area contributed by atoms with Crippen molar-refractivity contribution in [2.75, 3.05) is 5.75 Å². The lowest BCUT2D eigenvalue weighted by molar-refractivity contribution is 0.185. The first-order chi connectivity index (χ1) is 9.24. The van der Waals surface area contributed by atoms with Crippen LogP contribution in [-0.2, 0) is 0 Å². The van der Waals surface area contributed by atoms with Crippen LogP contribution in [0.25, 0.3) is 0 Å². The Morgan fingerprint density at radius 2 is 1.79 bits per heavy atom. The Balaban J connectivity index is 2.08. The molecular weight excluding hydrogens is 259 g/mol. The molecular formula is C16H25FOS. The van der Waals surface area contributed by atoms with E-state index >= 15 is 0 Å². The minimum Gasteiger partial charge on any atom is -0.392 e. The summed E-state index contributed by atoms with van der Waals surface area (Å²) < 4.78 is 13.4. The molecule has 1 rings (SSSR count). The monoisotopic (exact) mass is 284 g/mol. The van der Waals surface area contributed by atoms with Crippen LogP contribution in [0.4, 0.5) is 4.39 Å². The van der Waals surface area contributed by atoms with Crippen molar-refractivity contribution in [2.45, 2.75) is 62.9 Å². The van der Waals surface area contributed by atoms with Crippen molar-refractivity contribution in [3.05, 3.63) is 30.1 Å². The first-order valence-electron chi connectivity index (χ1n) is 7.29. The van der Waals surface area contributed by atoms with Crippen molar-refractivity contribution in [1.29, 1.82) is 0 Å². The molecule has 1 aromatic carbocycles. The van der Waals surface area contributed by atoms with Crippen LogP contribution in [0.1, 0.15) is 51.9 Å². The molecule has 108 valence electrons. The molecule has 3 heteroatoms. The number of hydrogen-bond acceptors (Lipinski definition) is 2. The van der Waals surface area contributed by atoms with Crippen LogP contribution in [0.3, 0.4) is 0 Å². The van der Waals surface area contributed by atoms with Crippen LogP contribution in [0, 0.1) is 5.82 Å². The second kappa shape index (κ2) is 10.3. The number of hydrogen-bond donors (Lipinski definition) is 1. The third-order valence-corrected chi connectivity index (χ3v) is 4.35. The van der Waals surface area contributed by atoms with Gasteiger partial charge in [0.1, 0.15) is 5.82 Å². The van der Waals surface area contributed by atoms with E-state index in [0.717, 1.165) is 12.8 Å². The molecule has 0 aliphatic carbocycles. The number of thioether (sulfide) groups is 1. The van der Waals surface area contributed by atoms with E-state index in [1.807, 2.05) is 6.07 Å². The molecule has 0 heterocycles. The third-order valence-electron chi connectivity index (χ3n) is 3.16. The van der Waals surface area contributed by atoms with Gasteiger partial charge in [-0.05, 0) is 18.6 Å². The van der Waals surface area contributed by atoms with Crippen LogP contribution >= 0.6 is 11.8 Å². The van der Waals surface area contributed by atoms with Crippen LogP contribution in [0.5, 0.6) is 0 Å². The van der Waals surface area contributed by atoms with Gasteiger partial charge >= 0.3 is 0 Å². The number of aliphatic hydroxyl groups excluding tert-OH is 1. The second-order valence-corrected chi connectivity index (χ2v) is 6.01. The quantitative estimate of drug-likeness (QED) is 0.480. The van der Waals surface area contributed by atoms with Crippen molar-refractivity contribution in [3.8, 4) is 0 Å². The van der Waals surface area contributed by atoms with Gasteiger partial charge in [-0.2, -0.15) is 0 Å². The summed E-state index contributed by atoms with van der Waals surface area (Å²) in [6, 6.07) is 6.73. The normalized spacial score (nSPS) is 12.6. The number of unbranched alkanes of at least 4 members (excludes halogenated alkanes) is 5. The van der Waals surface area contributed by atoms with Crippen molar-refractivity contribution in [2.24, 2.45) is 0 Å². The summed E-state index contributed by atoms with van der Waals surface area (Å²) in [7, 11) is 0. The summed E-state index contributed by atoms with van der Waals surface area (Å²) >= 11 is 1.40. The minimum atomic E-state index is -0.323. The zero-order valence-corrected chi connectivity index (χ0v) is 12.6. The number of benzene rings is 1. The fraction of sp³-hybridized carbons (Fsp3) is 0.625. The minimum absolute atomic E-state index is 0.195. The third kappa shape index (κ3) is 7.58. The number of halogens is 1. The predicted octanol–water partition coefficient (Wildman–Crippen LogP) is 5.03. The van der Waals surface area contributed by atoms with Crippen LogP contribution < -0.4 is 0 Å². The summed E-state index contributed by atoms with van der Waals surface area (Å²) in [5.74, 6) is 0.384. The van der Waals surface area contributed by atoms with Gasteiger partial charge in [-0.1, -0.05) is 57.6 Å².